The SMILES string of the molecule is COC(=O)C1=C(C)N(c2ccc(C)cc2)C(=S)N[C@H]1c1cccc(OC)c1OC. The Morgan fingerprint density at radius 1 is 1.03 bits per heavy atom. The molecule has 6 nitrogen and oxygen atoms in total. The zero-order chi connectivity index (χ0) is 21.1. The molecular weight excluding hydrogens is 388 g/mol. The number of anilines is 1. The molecular formula is C22H24N2O4S. The fraction of sp³-hybridized carbons (Fsp3) is 0.273. The lowest BCUT2D eigenvalue weighted by Gasteiger charge is -2.37. The minimum atomic E-state index is -0.540. The molecule has 1 heterocycles. The van der Waals surface area contributed by atoms with E-state index in [0.29, 0.717) is 27.9 Å². The molecule has 0 radical (unpaired) electrons. The van der Waals surface area contributed by atoms with E-state index in [1.54, 1.807) is 20.3 Å². The summed E-state index contributed by atoms with van der Waals surface area (Å²) in [7, 11) is 4.50. The van der Waals surface area contributed by atoms with E-state index >= 15 is 0 Å². The molecule has 1 atom stereocenters. The largest absolute Gasteiger partial charge is 0.493 e. The Morgan fingerprint density at radius 3 is 2.31 bits per heavy atom. The van der Waals surface area contributed by atoms with Gasteiger partial charge in [0.05, 0.1) is 32.9 Å². The number of ether oxygens (including phenoxy) is 3. The standard InChI is InChI=1S/C22H24N2O4S/c1-13-9-11-15(12-10-13)24-14(2)18(21(25)28-5)19(23-22(24)29)16-7-6-8-17(26-3)20(16)27-4/h6-12,19H,1-5H3,(H,23,29)/t19-/m0/s1. The smallest absolute Gasteiger partial charge is 0.337 e. The average Bonchev–Trinajstić information content (AvgIpc) is 2.73. The Balaban J connectivity index is 2.19. The normalized spacial score (nSPS) is 16.4. The van der Waals surface area contributed by atoms with E-state index in [0.717, 1.165) is 16.8 Å². The molecule has 0 amide bonds. The average molecular weight is 413 g/mol. The lowest BCUT2D eigenvalue weighted by molar-refractivity contribution is -0.136. The first-order chi connectivity index (χ1) is 13.9. The number of carbonyl (C=O) groups excluding carboxylic acids is 1. The van der Waals surface area contributed by atoms with Gasteiger partial charge in [0, 0.05) is 16.9 Å². The minimum Gasteiger partial charge on any atom is -0.493 e. The highest BCUT2D eigenvalue weighted by molar-refractivity contribution is 7.80. The molecule has 2 aromatic rings. The van der Waals surface area contributed by atoms with Gasteiger partial charge in [-0.2, -0.15) is 0 Å². The maximum Gasteiger partial charge on any atom is 0.337 e. The highest BCUT2D eigenvalue weighted by Gasteiger charge is 2.37. The van der Waals surface area contributed by atoms with Gasteiger partial charge in [-0.25, -0.2) is 4.79 Å². The van der Waals surface area contributed by atoms with Crippen LogP contribution in [-0.2, 0) is 9.53 Å². The first-order valence-corrected chi connectivity index (χ1v) is 9.51. The van der Waals surface area contributed by atoms with Crippen LogP contribution < -0.4 is 19.7 Å². The van der Waals surface area contributed by atoms with Gasteiger partial charge in [0.2, 0.25) is 0 Å². The Labute approximate surface area is 176 Å². The first-order valence-electron chi connectivity index (χ1n) is 9.10. The summed E-state index contributed by atoms with van der Waals surface area (Å²) in [6.07, 6.45) is 0. The van der Waals surface area contributed by atoms with Crippen molar-refractivity contribution < 1.29 is 19.0 Å². The van der Waals surface area contributed by atoms with E-state index in [1.807, 2.05) is 55.1 Å². The number of nitrogens with one attached hydrogen (secondary N) is 1. The number of allylic oxidation sites excluding steroid dienone is 1. The van der Waals surface area contributed by atoms with E-state index in [1.165, 1.54) is 7.11 Å². The van der Waals surface area contributed by atoms with Crippen LogP contribution in [0.4, 0.5) is 5.69 Å². The van der Waals surface area contributed by atoms with Crippen molar-refractivity contribution in [3.8, 4) is 11.5 Å². The third-order valence-corrected chi connectivity index (χ3v) is 5.23. The third kappa shape index (κ3) is 3.78. The predicted octanol–water partition coefficient (Wildman–Crippen LogP) is 3.90. The van der Waals surface area contributed by atoms with Gasteiger partial charge < -0.3 is 19.5 Å². The number of thiocarbonyl (C=S) groups is 1. The summed E-state index contributed by atoms with van der Waals surface area (Å²) in [5.74, 6) is 0.665. The van der Waals surface area contributed by atoms with Crippen molar-refractivity contribution in [2.75, 3.05) is 26.2 Å². The van der Waals surface area contributed by atoms with Crippen LogP contribution >= 0.6 is 12.2 Å². The molecule has 0 fully saturated rings. The summed E-state index contributed by atoms with van der Waals surface area (Å²) < 4.78 is 16.1. The van der Waals surface area contributed by atoms with E-state index < -0.39 is 12.0 Å². The van der Waals surface area contributed by atoms with Crippen LogP contribution in [0.1, 0.15) is 24.1 Å². The molecule has 0 saturated carbocycles. The zero-order valence-corrected chi connectivity index (χ0v) is 17.9. The third-order valence-electron chi connectivity index (χ3n) is 4.93. The summed E-state index contributed by atoms with van der Waals surface area (Å²) in [5.41, 5.74) is 3.88. The summed E-state index contributed by atoms with van der Waals surface area (Å²) >= 11 is 5.67. The number of aryl methyl sites for hydroxylation is 1. The van der Waals surface area contributed by atoms with Crippen LogP contribution in [0, 0.1) is 6.92 Å². The van der Waals surface area contributed by atoms with Crippen molar-refractivity contribution >= 4 is 29.0 Å². The van der Waals surface area contributed by atoms with Crippen LogP contribution in [-0.4, -0.2) is 32.4 Å². The molecule has 0 unspecified atom stereocenters. The van der Waals surface area contributed by atoms with Crippen molar-refractivity contribution in [2.24, 2.45) is 0 Å². The van der Waals surface area contributed by atoms with E-state index in [4.69, 9.17) is 26.4 Å². The van der Waals surface area contributed by atoms with Crippen LogP contribution in [0.15, 0.2) is 53.7 Å². The molecule has 0 aromatic heterocycles. The van der Waals surface area contributed by atoms with Crippen LogP contribution in [0.3, 0.4) is 0 Å². The maximum absolute atomic E-state index is 12.8. The second kappa shape index (κ2) is 8.53. The topological polar surface area (TPSA) is 60.0 Å². The highest BCUT2D eigenvalue weighted by atomic mass is 32.1. The van der Waals surface area contributed by atoms with Crippen molar-refractivity contribution in [3.05, 3.63) is 64.9 Å². The lowest BCUT2D eigenvalue weighted by Crippen LogP contribution is -2.48. The molecule has 0 aliphatic carbocycles. The summed E-state index contributed by atoms with van der Waals surface area (Å²) in [4.78, 5) is 14.6. The number of para-hydroxylation sites is 1. The second-order valence-electron chi connectivity index (χ2n) is 6.63. The van der Waals surface area contributed by atoms with Crippen LogP contribution in [0.2, 0.25) is 0 Å². The molecule has 0 spiro atoms. The Morgan fingerprint density at radius 2 is 1.72 bits per heavy atom. The van der Waals surface area contributed by atoms with Gasteiger partial charge in [0.25, 0.3) is 0 Å². The molecule has 0 saturated heterocycles. The molecule has 1 aliphatic rings. The number of hydrogen-bond acceptors (Lipinski definition) is 5. The van der Waals surface area contributed by atoms with Gasteiger partial charge in [-0.1, -0.05) is 29.8 Å². The van der Waals surface area contributed by atoms with E-state index in [9.17, 15) is 4.79 Å². The minimum absolute atomic E-state index is 0.440. The fourth-order valence-electron chi connectivity index (χ4n) is 3.49. The number of carbonyl (C=O) groups is 1. The van der Waals surface area contributed by atoms with Crippen molar-refractivity contribution in [1.29, 1.82) is 0 Å². The molecule has 3 rings (SSSR count). The van der Waals surface area contributed by atoms with Gasteiger partial charge in [-0.15, -0.1) is 0 Å². The molecule has 152 valence electrons. The van der Waals surface area contributed by atoms with E-state index in [-0.39, 0.29) is 0 Å². The van der Waals surface area contributed by atoms with Gasteiger partial charge in [-0.3, -0.25) is 4.90 Å². The number of nitrogens with zero attached hydrogens (tertiary/aromatic N) is 1. The Hall–Kier alpha value is -3.06. The first kappa shape index (κ1) is 20.7. The monoisotopic (exact) mass is 412 g/mol. The lowest BCUT2D eigenvalue weighted by atomic mass is 9.93. The van der Waals surface area contributed by atoms with Crippen LogP contribution in [0.25, 0.3) is 0 Å². The van der Waals surface area contributed by atoms with E-state index in [2.05, 4.69) is 5.32 Å². The van der Waals surface area contributed by atoms with Crippen molar-refractivity contribution in [2.45, 2.75) is 19.9 Å². The molecule has 0 bridgehead atoms. The Bertz CT molecular complexity index is 969. The Kier molecular flexibility index (Phi) is 6.08. The predicted molar refractivity (Wildman–Crippen MR) is 116 cm³/mol. The molecule has 1 N–H and O–H groups in total. The number of benzene rings is 2. The molecule has 29 heavy (non-hydrogen) atoms. The highest BCUT2D eigenvalue weighted by Crippen LogP contribution is 2.41. The molecule has 7 heteroatoms. The zero-order valence-electron chi connectivity index (χ0n) is 17.1. The number of esters is 1. The molecule has 1 aliphatic heterocycles. The van der Waals surface area contributed by atoms with Gasteiger partial charge in [0.15, 0.2) is 16.6 Å². The van der Waals surface area contributed by atoms with Crippen LogP contribution in [0.5, 0.6) is 11.5 Å². The number of hydrogen-bond donors (Lipinski definition) is 1. The van der Waals surface area contributed by atoms with Gasteiger partial charge in [-0.05, 0) is 44.3 Å². The van der Waals surface area contributed by atoms with Crippen molar-refractivity contribution in [1.82, 2.24) is 5.32 Å². The number of rotatable bonds is 5. The van der Waals surface area contributed by atoms with Gasteiger partial charge >= 0.3 is 5.97 Å². The quantitative estimate of drug-likeness (QED) is 0.590. The molecule has 2 aromatic carbocycles. The maximum atomic E-state index is 12.8. The second-order valence-corrected chi connectivity index (χ2v) is 7.01. The summed E-state index contributed by atoms with van der Waals surface area (Å²) in [6, 6.07) is 12.9. The summed E-state index contributed by atoms with van der Waals surface area (Å²) in [6.45, 7) is 3.88. The van der Waals surface area contributed by atoms with Gasteiger partial charge in [0.1, 0.15) is 0 Å². The fourth-order valence-corrected chi connectivity index (χ4v) is 3.85. The number of methoxy groups -OCH3 is 3. The van der Waals surface area contributed by atoms with Crippen molar-refractivity contribution in [3.63, 3.8) is 0 Å². The summed E-state index contributed by atoms with van der Waals surface area (Å²) in [5, 5.41) is 3.76.